The number of tetrazole rings is 1. The SMILES string of the molecule is Clc1ccc2c(c1)NCc1nnnn1-2. The van der Waals surface area contributed by atoms with Crippen LogP contribution in [0.5, 0.6) is 0 Å². The maximum atomic E-state index is 5.88. The average Bonchev–Trinajstić information content (AvgIpc) is 2.65. The van der Waals surface area contributed by atoms with Gasteiger partial charge in [0.25, 0.3) is 0 Å². The second-order valence-electron chi connectivity index (χ2n) is 3.02. The molecule has 0 aliphatic carbocycles. The molecular formula is C8H6ClN5. The number of nitrogens with zero attached hydrogens (tertiary/aromatic N) is 4. The van der Waals surface area contributed by atoms with Gasteiger partial charge < -0.3 is 5.32 Å². The highest BCUT2D eigenvalue weighted by Crippen LogP contribution is 2.27. The summed E-state index contributed by atoms with van der Waals surface area (Å²) in [6.45, 7) is 0.625. The molecule has 0 spiro atoms. The first kappa shape index (κ1) is 7.75. The molecule has 1 aromatic heterocycles. The number of anilines is 1. The molecule has 1 N–H and O–H groups in total. The van der Waals surface area contributed by atoms with Crippen molar-refractivity contribution in [3.8, 4) is 5.69 Å². The number of halogens is 1. The summed E-state index contributed by atoms with van der Waals surface area (Å²) in [5.41, 5.74) is 1.89. The molecule has 2 aromatic rings. The van der Waals surface area contributed by atoms with Crippen LogP contribution in [0.4, 0.5) is 5.69 Å². The lowest BCUT2D eigenvalue weighted by Gasteiger charge is -2.17. The van der Waals surface area contributed by atoms with E-state index in [9.17, 15) is 0 Å². The highest BCUT2D eigenvalue weighted by molar-refractivity contribution is 6.31. The van der Waals surface area contributed by atoms with E-state index >= 15 is 0 Å². The third-order valence-corrected chi connectivity index (χ3v) is 2.39. The number of aromatic nitrogens is 4. The fourth-order valence-electron chi connectivity index (χ4n) is 1.51. The third-order valence-electron chi connectivity index (χ3n) is 2.16. The fraction of sp³-hybridized carbons (Fsp3) is 0.125. The number of benzene rings is 1. The Balaban J connectivity index is 2.26. The van der Waals surface area contributed by atoms with E-state index in [0.29, 0.717) is 11.6 Å². The molecule has 1 aliphatic heterocycles. The lowest BCUT2D eigenvalue weighted by atomic mass is 10.2. The Hall–Kier alpha value is -1.62. The topological polar surface area (TPSA) is 55.6 Å². The van der Waals surface area contributed by atoms with E-state index < -0.39 is 0 Å². The molecule has 5 nitrogen and oxygen atoms in total. The van der Waals surface area contributed by atoms with Crippen molar-refractivity contribution in [2.75, 3.05) is 5.32 Å². The largest absolute Gasteiger partial charge is 0.376 e. The van der Waals surface area contributed by atoms with E-state index in [1.165, 1.54) is 0 Å². The minimum atomic E-state index is 0.625. The maximum absolute atomic E-state index is 5.88. The van der Waals surface area contributed by atoms with Crippen molar-refractivity contribution >= 4 is 17.3 Å². The molecule has 0 unspecified atom stereocenters. The summed E-state index contributed by atoms with van der Waals surface area (Å²) >= 11 is 5.88. The molecule has 0 saturated heterocycles. The quantitative estimate of drug-likeness (QED) is 0.706. The van der Waals surface area contributed by atoms with Crippen molar-refractivity contribution in [2.24, 2.45) is 0 Å². The molecule has 2 heterocycles. The summed E-state index contributed by atoms with van der Waals surface area (Å²) in [6.07, 6.45) is 0. The van der Waals surface area contributed by atoms with Crippen LogP contribution in [-0.2, 0) is 6.54 Å². The second kappa shape index (κ2) is 2.68. The Labute approximate surface area is 84.7 Å². The van der Waals surface area contributed by atoms with E-state index in [2.05, 4.69) is 20.8 Å². The van der Waals surface area contributed by atoms with Gasteiger partial charge in [0.1, 0.15) is 0 Å². The predicted octanol–water partition coefficient (Wildman–Crippen LogP) is 1.24. The van der Waals surface area contributed by atoms with Gasteiger partial charge in [-0.05, 0) is 28.6 Å². The first-order valence-corrected chi connectivity index (χ1v) is 4.53. The normalized spacial score (nSPS) is 12.9. The molecular weight excluding hydrogens is 202 g/mol. The predicted molar refractivity (Wildman–Crippen MR) is 51.5 cm³/mol. The molecule has 14 heavy (non-hydrogen) atoms. The summed E-state index contributed by atoms with van der Waals surface area (Å²) in [6, 6.07) is 5.57. The Bertz CT molecular complexity index is 492. The van der Waals surface area contributed by atoms with Gasteiger partial charge in [0.05, 0.1) is 17.9 Å². The van der Waals surface area contributed by atoms with Crippen molar-refractivity contribution in [2.45, 2.75) is 6.54 Å². The van der Waals surface area contributed by atoms with E-state index in [4.69, 9.17) is 11.6 Å². The van der Waals surface area contributed by atoms with Crippen LogP contribution in [-0.4, -0.2) is 20.2 Å². The first-order chi connectivity index (χ1) is 6.84. The zero-order chi connectivity index (χ0) is 9.54. The molecule has 3 rings (SSSR count). The molecule has 1 aliphatic rings. The lowest BCUT2D eigenvalue weighted by Crippen LogP contribution is -2.16. The molecule has 70 valence electrons. The van der Waals surface area contributed by atoms with Crippen molar-refractivity contribution < 1.29 is 0 Å². The van der Waals surface area contributed by atoms with Crippen LogP contribution in [0, 0.1) is 0 Å². The summed E-state index contributed by atoms with van der Waals surface area (Å²) in [7, 11) is 0. The molecule has 0 radical (unpaired) electrons. The van der Waals surface area contributed by atoms with E-state index in [0.717, 1.165) is 17.2 Å². The Morgan fingerprint density at radius 1 is 1.43 bits per heavy atom. The van der Waals surface area contributed by atoms with Crippen LogP contribution < -0.4 is 5.32 Å². The van der Waals surface area contributed by atoms with Crippen LogP contribution in [0.15, 0.2) is 18.2 Å². The van der Waals surface area contributed by atoms with Crippen molar-refractivity contribution in [1.29, 1.82) is 0 Å². The van der Waals surface area contributed by atoms with Gasteiger partial charge in [-0.25, -0.2) is 0 Å². The number of fused-ring (bicyclic) bond motifs is 3. The monoisotopic (exact) mass is 207 g/mol. The fourth-order valence-corrected chi connectivity index (χ4v) is 1.68. The van der Waals surface area contributed by atoms with Crippen LogP contribution in [0.1, 0.15) is 5.82 Å². The van der Waals surface area contributed by atoms with Gasteiger partial charge in [-0.2, -0.15) is 4.68 Å². The molecule has 0 bridgehead atoms. The zero-order valence-electron chi connectivity index (χ0n) is 7.11. The minimum absolute atomic E-state index is 0.625. The van der Waals surface area contributed by atoms with Gasteiger partial charge in [0.15, 0.2) is 5.82 Å². The van der Waals surface area contributed by atoms with Crippen molar-refractivity contribution in [3.05, 3.63) is 29.0 Å². The molecule has 6 heteroatoms. The summed E-state index contributed by atoms with van der Waals surface area (Å²) in [5.74, 6) is 0.805. The van der Waals surface area contributed by atoms with Gasteiger partial charge in [-0.3, -0.25) is 0 Å². The van der Waals surface area contributed by atoms with Gasteiger partial charge in [0, 0.05) is 5.02 Å². The summed E-state index contributed by atoms with van der Waals surface area (Å²) in [4.78, 5) is 0. The molecule has 0 fully saturated rings. The van der Waals surface area contributed by atoms with E-state index in [1.54, 1.807) is 4.68 Å². The summed E-state index contributed by atoms with van der Waals surface area (Å²) < 4.78 is 1.71. The molecule has 1 aromatic carbocycles. The van der Waals surface area contributed by atoms with Crippen molar-refractivity contribution in [3.63, 3.8) is 0 Å². The highest BCUT2D eigenvalue weighted by atomic mass is 35.5. The minimum Gasteiger partial charge on any atom is -0.376 e. The lowest BCUT2D eigenvalue weighted by molar-refractivity contribution is 0.754. The van der Waals surface area contributed by atoms with E-state index in [-0.39, 0.29) is 0 Å². The molecule has 0 saturated carbocycles. The van der Waals surface area contributed by atoms with Gasteiger partial charge in [0.2, 0.25) is 0 Å². The van der Waals surface area contributed by atoms with Crippen LogP contribution >= 0.6 is 11.6 Å². The summed E-state index contributed by atoms with van der Waals surface area (Å²) in [5, 5.41) is 15.3. The van der Waals surface area contributed by atoms with Crippen LogP contribution in [0.3, 0.4) is 0 Å². The Morgan fingerprint density at radius 3 is 3.29 bits per heavy atom. The third kappa shape index (κ3) is 0.990. The maximum Gasteiger partial charge on any atom is 0.175 e. The number of nitrogens with one attached hydrogen (secondary N) is 1. The Kier molecular flexibility index (Phi) is 1.49. The van der Waals surface area contributed by atoms with E-state index in [1.807, 2.05) is 18.2 Å². The van der Waals surface area contributed by atoms with Gasteiger partial charge in [-0.15, -0.1) is 5.10 Å². The van der Waals surface area contributed by atoms with Crippen LogP contribution in [0.25, 0.3) is 5.69 Å². The number of hydrogen-bond acceptors (Lipinski definition) is 4. The van der Waals surface area contributed by atoms with Crippen molar-refractivity contribution in [1.82, 2.24) is 20.2 Å². The van der Waals surface area contributed by atoms with Gasteiger partial charge in [-0.1, -0.05) is 11.6 Å². The molecule has 0 amide bonds. The Morgan fingerprint density at radius 2 is 2.36 bits per heavy atom. The molecule has 0 atom stereocenters. The standard InChI is InChI=1S/C8H6ClN5/c9-5-1-2-7-6(3-5)10-4-8-11-12-13-14(7)8/h1-3,10H,4H2. The first-order valence-electron chi connectivity index (χ1n) is 4.15. The zero-order valence-corrected chi connectivity index (χ0v) is 7.86. The highest BCUT2D eigenvalue weighted by Gasteiger charge is 2.17. The number of rotatable bonds is 0. The second-order valence-corrected chi connectivity index (χ2v) is 3.46. The van der Waals surface area contributed by atoms with Gasteiger partial charge >= 0.3 is 0 Å². The van der Waals surface area contributed by atoms with Crippen LogP contribution in [0.2, 0.25) is 5.02 Å². The smallest absolute Gasteiger partial charge is 0.175 e. The number of hydrogen-bond donors (Lipinski definition) is 1. The average molecular weight is 208 g/mol.